The number of fused-ring (bicyclic) bond motifs is 1. The lowest BCUT2D eigenvalue weighted by molar-refractivity contribution is -0.121. The van der Waals surface area contributed by atoms with Gasteiger partial charge in [0, 0.05) is 13.1 Å². The molecule has 0 radical (unpaired) electrons. The van der Waals surface area contributed by atoms with Crippen molar-refractivity contribution in [2.75, 3.05) is 24.6 Å². The van der Waals surface area contributed by atoms with Crippen LogP contribution in [0.5, 0.6) is 5.75 Å². The van der Waals surface area contributed by atoms with E-state index in [-0.39, 0.29) is 30.4 Å². The topological polar surface area (TPSA) is 75.9 Å². The van der Waals surface area contributed by atoms with E-state index < -0.39 is 0 Å². The molecule has 0 N–H and O–H groups in total. The van der Waals surface area contributed by atoms with Crippen molar-refractivity contribution in [1.82, 2.24) is 9.88 Å². The maximum Gasteiger partial charge on any atom is 0.275 e. The summed E-state index contributed by atoms with van der Waals surface area (Å²) in [5, 5.41) is 0. The molecule has 0 aliphatic carbocycles. The van der Waals surface area contributed by atoms with E-state index in [0.29, 0.717) is 23.0 Å². The number of aromatic nitrogens is 1. The van der Waals surface area contributed by atoms with Crippen LogP contribution < -0.4 is 9.64 Å². The van der Waals surface area contributed by atoms with Gasteiger partial charge in [0.1, 0.15) is 18.6 Å². The maximum absolute atomic E-state index is 12.6. The summed E-state index contributed by atoms with van der Waals surface area (Å²) in [5.74, 6) is 0.738. The number of hydrogen-bond donors (Lipinski definition) is 0. The molecule has 2 amide bonds. The number of ether oxygens (including phenoxy) is 1. The minimum absolute atomic E-state index is 0.0144. The van der Waals surface area contributed by atoms with Crippen LogP contribution in [0.3, 0.4) is 0 Å². The van der Waals surface area contributed by atoms with E-state index in [2.05, 4.69) is 25.8 Å². The van der Waals surface area contributed by atoms with Gasteiger partial charge in [-0.2, -0.15) is 0 Å². The fourth-order valence-corrected chi connectivity index (χ4v) is 3.70. The fraction of sp³-hybridized carbons (Fsp3) is 0.500. The molecule has 1 saturated heterocycles. The first kappa shape index (κ1) is 19.5. The summed E-state index contributed by atoms with van der Waals surface area (Å²) in [6.45, 7) is 8.15. The first-order valence-corrected chi connectivity index (χ1v) is 10.2. The molecular weight excluding hydrogens is 370 g/mol. The normalized spacial score (nSPS) is 16.7. The molecule has 2 aliphatic heterocycles. The standard InChI is InChI=1S/C22H27N3O4/c1-4-22(2,3)15-7-8-18-17(11-15)25(20(26)14-28-18)12-19-23-16(13-29-19)21(27)24-9-5-6-10-24/h7-8,11,13H,4-6,9-10,12,14H2,1-3H3. The summed E-state index contributed by atoms with van der Waals surface area (Å²) in [6, 6.07) is 5.98. The fourth-order valence-electron chi connectivity index (χ4n) is 3.70. The first-order chi connectivity index (χ1) is 13.9. The number of likely N-dealkylation sites (tertiary alicyclic amines) is 1. The average molecular weight is 397 g/mol. The van der Waals surface area contributed by atoms with Crippen molar-refractivity contribution in [3.63, 3.8) is 0 Å². The lowest BCUT2D eigenvalue weighted by atomic mass is 9.82. The van der Waals surface area contributed by atoms with Crippen LogP contribution >= 0.6 is 0 Å². The molecule has 7 heteroatoms. The van der Waals surface area contributed by atoms with Crippen molar-refractivity contribution in [3.05, 3.63) is 41.6 Å². The van der Waals surface area contributed by atoms with E-state index in [1.165, 1.54) is 6.26 Å². The largest absolute Gasteiger partial charge is 0.482 e. The Hall–Kier alpha value is -2.83. The molecule has 0 unspecified atom stereocenters. The smallest absolute Gasteiger partial charge is 0.275 e. The minimum atomic E-state index is -0.158. The van der Waals surface area contributed by atoms with Crippen LogP contribution in [-0.4, -0.2) is 41.4 Å². The van der Waals surface area contributed by atoms with Crippen LogP contribution in [0, 0.1) is 0 Å². The van der Waals surface area contributed by atoms with Gasteiger partial charge in [0.2, 0.25) is 5.89 Å². The Kier molecular flexibility index (Phi) is 5.06. The van der Waals surface area contributed by atoms with Crippen LogP contribution in [0.25, 0.3) is 0 Å². The van der Waals surface area contributed by atoms with Crippen molar-refractivity contribution in [3.8, 4) is 5.75 Å². The number of nitrogens with zero attached hydrogens (tertiary/aromatic N) is 3. The highest BCUT2D eigenvalue weighted by molar-refractivity contribution is 5.98. The molecule has 1 aromatic carbocycles. The Morgan fingerprint density at radius 3 is 2.72 bits per heavy atom. The third kappa shape index (κ3) is 3.73. The Balaban J connectivity index is 1.59. The molecular formula is C22H27N3O4. The number of hydrogen-bond acceptors (Lipinski definition) is 5. The number of benzene rings is 1. The molecule has 4 rings (SSSR count). The lowest BCUT2D eigenvalue weighted by Crippen LogP contribution is -2.38. The van der Waals surface area contributed by atoms with Crippen molar-refractivity contribution >= 4 is 17.5 Å². The Morgan fingerprint density at radius 2 is 2.00 bits per heavy atom. The van der Waals surface area contributed by atoms with E-state index in [0.717, 1.165) is 37.9 Å². The molecule has 0 atom stereocenters. The summed E-state index contributed by atoms with van der Waals surface area (Å²) >= 11 is 0. The second kappa shape index (κ2) is 7.54. The predicted molar refractivity (Wildman–Crippen MR) is 108 cm³/mol. The second-order valence-electron chi connectivity index (χ2n) is 8.31. The summed E-state index contributed by atoms with van der Waals surface area (Å²) in [6.07, 6.45) is 4.40. The summed E-state index contributed by atoms with van der Waals surface area (Å²) < 4.78 is 11.1. The van der Waals surface area contributed by atoms with Gasteiger partial charge in [-0.15, -0.1) is 0 Å². The molecule has 0 spiro atoms. The summed E-state index contributed by atoms with van der Waals surface area (Å²) in [4.78, 5) is 32.9. The highest BCUT2D eigenvalue weighted by atomic mass is 16.5. The van der Waals surface area contributed by atoms with Crippen molar-refractivity contribution < 1.29 is 18.7 Å². The van der Waals surface area contributed by atoms with Crippen molar-refractivity contribution in [2.24, 2.45) is 0 Å². The quantitative estimate of drug-likeness (QED) is 0.772. The first-order valence-electron chi connectivity index (χ1n) is 10.2. The second-order valence-corrected chi connectivity index (χ2v) is 8.31. The Morgan fingerprint density at radius 1 is 1.24 bits per heavy atom. The van der Waals surface area contributed by atoms with Crippen LogP contribution in [-0.2, 0) is 16.8 Å². The average Bonchev–Trinajstić information content (AvgIpc) is 3.41. The van der Waals surface area contributed by atoms with Gasteiger partial charge in [0.05, 0.1) is 5.69 Å². The summed E-state index contributed by atoms with van der Waals surface area (Å²) in [5.41, 5.74) is 2.13. The number of amides is 2. The van der Waals surface area contributed by atoms with Gasteiger partial charge in [-0.1, -0.05) is 26.8 Å². The molecule has 2 aromatic rings. The lowest BCUT2D eigenvalue weighted by Gasteiger charge is -2.31. The van der Waals surface area contributed by atoms with Crippen LogP contribution in [0.1, 0.15) is 62.0 Å². The third-order valence-electron chi connectivity index (χ3n) is 6.02. The van der Waals surface area contributed by atoms with Gasteiger partial charge in [0.25, 0.3) is 11.8 Å². The van der Waals surface area contributed by atoms with E-state index >= 15 is 0 Å². The SMILES string of the molecule is CCC(C)(C)c1ccc2c(c1)N(Cc1nc(C(=O)N3CCCC3)co1)C(=O)CO2. The zero-order valence-corrected chi connectivity index (χ0v) is 17.2. The molecule has 7 nitrogen and oxygen atoms in total. The van der Waals surface area contributed by atoms with Gasteiger partial charge in [-0.25, -0.2) is 4.98 Å². The monoisotopic (exact) mass is 397 g/mol. The van der Waals surface area contributed by atoms with Gasteiger partial charge in [-0.05, 0) is 42.4 Å². The molecule has 154 valence electrons. The highest BCUT2D eigenvalue weighted by Gasteiger charge is 2.30. The van der Waals surface area contributed by atoms with Gasteiger partial charge in [-0.3, -0.25) is 14.5 Å². The van der Waals surface area contributed by atoms with Crippen LogP contribution in [0.2, 0.25) is 0 Å². The number of anilines is 1. The van der Waals surface area contributed by atoms with Gasteiger partial charge < -0.3 is 14.1 Å². The molecule has 2 aliphatic rings. The molecule has 29 heavy (non-hydrogen) atoms. The molecule has 3 heterocycles. The van der Waals surface area contributed by atoms with Crippen LogP contribution in [0.4, 0.5) is 5.69 Å². The predicted octanol–water partition coefficient (Wildman–Crippen LogP) is 3.52. The van der Waals surface area contributed by atoms with E-state index in [4.69, 9.17) is 9.15 Å². The van der Waals surface area contributed by atoms with Crippen LogP contribution in [0.15, 0.2) is 28.9 Å². The molecule has 0 saturated carbocycles. The van der Waals surface area contributed by atoms with Crippen molar-refractivity contribution in [1.29, 1.82) is 0 Å². The number of oxazole rings is 1. The Labute approximate surface area is 170 Å². The van der Waals surface area contributed by atoms with E-state index in [9.17, 15) is 9.59 Å². The van der Waals surface area contributed by atoms with Gasteiger partial charge >= 0.3 is 0 Å². The zero-order valence-electron chi connectivity index (χ0n) is 17.2. The number of rotatable bonds is 5. The highest BCUT2D eigenvalue weighted by Crippen LogP contribution is 2.38. The van der Waals surface area contributed by atoms with E-state index in [1.807, 2.05) is 18.2 Å². The van der Waals surface area contributed by atoms with Gasteiger partial charge in [0.15, 0.2) is 12.3 Å². The molecule has 1 aromatic heterocycles. The number of carbonyl (C=O) groups is 2. The Bertz CT molecular complexity index is 928. The maximum atomic E-state index is 12.6. The van der Waals surface area contributed by atoms with E-state index in [1.54, 1.807) is 9.80 Å². The molecule has 0 bridgehead atoms. The molecule has 1 fully saturated rings. The van der Waals surface area contributed by atoms with Crippen molar-refractivity contribution in [2.45, 2.75) is 52.0 Å². The zero-order chi connectivity index (χ0) is 20.6. The minimum Gasteiger partial charge on any atom is -0.482 e. The third-order valence-corrected chi connectivity index (χ3v) is 6.02. The summed E-state index contributed by atoms with van der Waals surface area (Å²) in [7, 11) is 0. The number of carbonyl (C=O) groups excluding carboxylic acids is 2.